The van der Waals surface area contributed by atoms with Crippen LogP contribution in [0.5, 0.6) is 0 Å². The first-order valence-electron chi connectivity index (χ1n) is 9.97. The molecule has 32 heavy (non-hydrogen) atoms. The molecular weight excluding hydrogens is 406 g/mol. The molecule has 0 radical (unpaired) electrons. The highest BCUT2D eigenvalue weighted by Gasteiger charge is 2.48. The van der Waals surface area contributed by atoms with Crippen molar-refractivity contribution in [3.63, 3.8) is 0 Å². The SMILES string of the molecule is C=C(C)C(=O)NC(=O)C1=C(O)N=C(C(=C)C)OC1(NCc1ccccc1)c1ccccc1. The van der Waals surface area contributed by atoms with E-state index in [9.17, 15) is 14.7 Å². The van der Waals surface area contributed by atoms with Crippen molar-refractivity contribution in [1.82, 2.24) is 10.6 Å². The van der Waals surface area contributed by atoms with Gasteiger partial charge in [-0.25, -0.2) is 0 Å². The molecule has 0 spiro atoms. The van der Waals surface area contributed by atoms with Gasteiger partial charge in [-0.15, -0.1) is 0 Å². The Labute approximate surface area is 186 Å². The second-order valence-corrected chi connectivity index (χ2v) is 7.45. The van der Waals surface area contributed by atoms with E-state index in [1.54, 1.807) is 31.2 Å². The fraction of sp³-hybridized carbons (Fsp3) is 0.160. The minimum Gasteiger partial charge on any atom is -0.493 e. The fourth-order valence-corrected chi connectivity index (χ4v) is 3.17. The Kier molecular flexibility index (Phi) is 6.70. The Balaban J connectivity index is 2.16. The molecule has 3 rings (SSSR count). The third-order valence-electron chi connectivity index (χ3n) is 4.80. The maximum atomic E-state index is 13.2. The Morgan fingerprint density at radius 2 is 1.62 bits per heavy atom. The van der Waals surface area contributed by atoms with Gasteiger partial charge in [-0.1, -0.05) is 73.8 Å². The van der Waals surface area contributed by atoms with Gasteiger partial charge < -0.3 is 9.84 Å². The number of rotatable bonds is 7. The molecule has 0 bridgehead atoms. The number of nitrogens with one attached hydrogen (secondary N) is 2. The number of hydrogen-bond donors (Lipinski definition) is 3. The number of carbonyl (C=O) groups is 2. The number of ether oxygens (including phenoxy) is 1. The zero-order chi connectivity index (χ0) is 23.3. The van der Waals surface area contributed by atoms with Crippen molar-refractivity contribution in [2.75, 3.05) is 0 Å². The number of amides is 2. The molecule has 1 atom stereocenters. The van der Waals surface area contributed by atoms with E-state index in [4.69, 9.17) is 4.74 Å². The van der Waals surface area contributed by atoms with E-state index in [1.165, 1.54) is 6.92 Å². The number of hydrogen-bond acceptors (Lipinski definition) is 6. The second kappa shape index (κ2) is 9.45. The van der Waals surface area contributed by atoms with Crippen LogP contribution in [0.25, 0.3) is 0 Å². The normalized spacial score (nSPS) is 17.8. The van der Waals surface area contributed by atoms with Crippen LogP contribution >= 0.6 is 0 Å². The van der Waals surface area contributed by atoms with E-state index in [1.807, 2.05) is 36.4 Å². The average Bonchev–Trinajstić information content (AvgIpc) is 2.78. The molecule has 0 aliphatic carbocycles. The maximum absolute atomic E-state index is 13.2. The van der Waals surface area contributed by atoms with Crippen molar-refractivity contribution in [2.45, 2.75) is 26.1 Å². The lowest BCUT2D eigenvalue weighted by molar-refractivity contribution is -0.128. The molecule has 7 nitrogen and oxygen atoms in total. The minimum atomic E-state index is -1.64. The molecule has 164 valence electrons. The van der Waals surface area contributed by atoms with Gasteiger partial charge in [0.15, 0.2) is 0 Å². The van der Waals surface area contributed by atoms with Crippen LogP contribution in [-0.2, 0) is 26.6 Å². The number of benzene rings is 2. The van der Waals surface area contributed by atoms with Gasteiger partial charge in [0.2, 0.25) is 17.5 Å². The first kappa shape index (κ1) is 22.7. The van der Waals surface area contributed by atoms with E-state index in [0.29, 0.717) is 11.1 Å². The van der Waals surface area contributed by atoms with Crippen molar-refractivity contribution in [1.29, 1.82) is 0 Å². The smallest absolute Gasteiger partial charge is 0.265 e. The van der Waals surface area contributed by atoms with Gasteiger partial charge in [0, 0.05) is 23.3 Å². The molecule has 1 aliphatic rings. The molecule has 0 fully saturated rings. The standard InChI is InChI=1S/C25H25N3O4/c1-16(2)21(29)27-22(30)20-23(31)28-24(17(3)4)32-25(20,19-13-9-6-10-14-19)26-15-18-11-7-5-8-12-18/h5-14,26,31H,1,3,15H2,2,4H3,(H,27,29,30). The van der Waals surface area contributed by atoms with Crippen LogP contribution in [0.15, 0.2) is 101 Å². The number of imide groups is 1. The predicted molar refractivity (Wildman–Crippen MR) is 122 cm³/mol. The summed E-state index contributed by atoms with van der Waals surface area (Å²) < 4.78 is 6.22. The molecule has 2 amide bonds. The third-order valence-corrected chi connectivity index (χ3v) is 4.80. The molecule has 7 heteroatoms. The first-order valence-corrected chi connectivity index (χ1v) is 9.97. The van der Waals surface area contributed by atoms with Crippen LogP contribution in [0.3, 0.4) is 0 Å². The summed E-state index contributed by atoms with van der Waals surface area (Å²) >= 11 is 0. The van der Waals surface area contributed by atoms with Gasteiger partial charge in [0.05, 0.1) is 0 Å². The zero-order valence-corrected chi connectivity index (χ0v) is 18.0. The van der Waals surface area contributed by atoms with Crippen LogP contribution in [0, 0.1) is 0 Å². The molecule has 2 aromatic rings. The molecule has 1 heterocycles. The fourth-order valence-electron chi connectivity index (χ4n) is 3.17. The molecule has 0 saturated heterocycles. The van der Waals surface area contributed by atoms with Crippen molar-refractivity contribution in [3.8, 4) is 0 Å². The summed E-state index contributed by atoms with van der Waals surface area (Å²) in [5, 5.41) is 16.3. The van der Waals surface area contributed by atoms with E-state index < -0.39 is 23.4 Å². The lowest BCUT2D eigenvalue weighted by Crippen LogP contribution is -2.54. The quantitative estimate of drug-likeness (QED) is 0.582. The highest BCUT2D eigenvalue weighted by Crippen LogP contribution is 2.37. The molecule has 3 N–H and O–H groups in total. The minimum absolute atomic E-state index is 0.0645. The number of aliphatic hydroxyl groups excluding tert-OH is 1. The van der Waals surface area contributed by atoms with E-state index in [0.717, 1.165) is 5.56 Å². The van der Waals surface area contributed by atoms with Crippen LogP contribution in [-0.4, -0.2) is 22.8 Å². The Bertz CT molecular complexity index is 1120. The molecule has 0 aromatic heterocycles. The van der Waals surface area contributed by atoms with E-state index in [2.05, 4.69) is 28.8 Å². The average molecular weight is 431 g/mol. The monoisotopic (exact) mass is 431 g/mol. The van der Waals surface area contributed by atoms with Gasteiger partial charge >= 0.3 is 0 Å². The van der Waals surface area contributed by atoms with Gasteiger partial charge in [-0.2, -0.15) is 4.99 Å². The van der Waals surface area contributed by atoms with Crippen molar-refractivity contribution in [2.24, 2.45) is 4.99 Å². The third kappa shape index (κ3) is 4.68. The summed E-state index contributed by atoms with van der Waals surface area (Å²) in [5.74, 6) is -2.04. The van der Waals surface area contributed by atoms with Crippen LogP contribution in [0.4, 0.5) is 0 Å². The topological polar surface area (TPSA) is 100 Å². The summed E-state index contributed by atoms with van der Waals surface area (Å²) in [6, 6.07) is 18.4. The predicted octanol–water partition coefficient (Wildman–Crippen LogP) is 3.62. The second-order valence-electron chi connectivity index (χ2n) is 7.45. The van der Waals surface area contributed by atoms with Crippen molar-refractivity contribution < 1.29 is 19.4 Å². The number of nitrogens with zero attached hydrogens (tertiary/aromatic N) is 1. The molecule has 0 saturated carbocycles. The largest absolute Gasteiger partial charge is 0.493 e. The van der Waals surface area contributed by atoms with Gasteiger partial charge in [0.1, 0.15) is 5.57 Å². The summed E-state index contributed by atoms with van der Waals surface area (Å²) in [7, 11) is 0. The lowest BCUT2D eigenvalue weighted by Gasteiger charge is -2.39. The summed E-state index contributed by atoms with van der Waals surface area (Å²) in [5.41, 5.74) is 0.155. The van der Waals surface area contributed by atoms with Gasteiger partial charge in [0.25, 0.3) is 11.8 Å². The van der Waals surface area contributed by atoms with Crippen LogP contribution in [0.1, 0.15) is 25.0 Å². The number of aliphatic imine (C=N–C) groups is 1. The van der Waals surface area contributed by atoms with Crippen LogP contribution < -0.4 is 10.6 Å². The van der Waals surface area contributed by atoms with Gasteiger partial charge in [-0.3, -0.25) is 20.2 Å². The van der Waals surface area contributed by atoms with Gasteiger partial charge in [-0.05, 0) is 19.4 Å². The number of carbonyl (C=O) groups excluding carboxylic acids is 2. The number of aliphatic hydroxyl groups is 1. The Morgan fingerprint density at radius 1 is 1.03 bits per heavy atom. The van der Waals surface area contributed by atoms with Crippen molar-refractivity contribution in [3.05, 3.63) is 108 Å². The summed E-state index contributed by atoms with van der Waals surface area (Å²) in [4.78, 5) is 29.4. The van der Waals surface area contributed by atoms with E-state index in [-0.39, 0.29) is 23.6 Å². The molecule has 2 aromatic carbocycles. The van der Waals surface area contributed by atoms with E-state index >= 15 is 0 Å². The molecule has 1 unspecified atom stereocenters. The maximum Gasteiger partial charge on any atom is 0.265 e. The zero-order valence-electron chi connectivity index (χ0n) is 18.0. The first-order chi connectivity index (χ1) is 15.2. The summed E-state index contributed by atoms with van der Waals surface area (Å²) in [6.45, 7) is 10.8. The molecular formula is C25H25N3O4. The Morgan fingerprint density at radius 3 is 2.19 bits per heavy atom. The van der Waals surface area contributed by atoms with Crippen molar-refractivity contribution >= 4 is 17.7 Å². The highest BCUT2D eigenvalue weighted by atomic mass is 16.5. The molecule has 1 aliphatic heterocycles. The summed E-state index contributed by atoms with van der Waals surface area (Å²) in [6.07, 6.45) is 0. The van der Waals surface area contributed by atoms with Crippen LogP contribution in [0.2, 0.25) is 0 Å². The highest BCUT2D eigenvalue weighted by molar-refractivity contribution is 6.11. The Hall–Kier alpha value is -3.97. The lowest BCUT2D eigenvalue weighted by atomic mass is 9.91.